The molecule has 0 aliphatic heterocycles. The Morgan fingerprint density at radius 2 is 0.500 bits per heavy atom. The molecular weight excluding hydrogens is 701 g/mol. The predicted octanol–water partition coefficient (Wildman–Crippen LogP) is 20.0. The number of aromatic nitrogens is 2. The summed E-state index contributed by atoms with van der Waals surface area (Å²) in [5, 5.41) is 0. The molecule has 0 atom stereocenters. The van der Waals surface area contributed by atoms with Crippen molar-refractivity contribution in [3.63, 3.8) is 0 Å². The molecule has 0 amide bonds. The molecule has 0 bridgehead atoms. The Hall–Kier alpha value is -1.70. The van der Waals surface area contributed by atoms with E-state index in [1.54, 1.807) is 0 Å². The van der Waals surface area contributed by atoms with Crippen LogP contribution in [0.15, 0.2) is 36.7 Å². The maximum Gasteiger partial charge on any atom is 0.0889 e. The molecule has 2 heterocycles. The van der Waals surface area contributed by atoms with Gasteiger partial charge < -0.3 is 0 Å². The van der Waals surface area contributed by atoms with Crippen molar-refractivity contribution in [3.05, 3.63) is 47.8 Å². The van der Waals surface area contributed by atoms with Crippen molar-refractivity contribution < 1.29 is 0 Å². The molecule has 2 heteroatoms. The molecule has 0 radical (unpaired) electrons. The summed E-state index contributed by atoms with van der Waals surface area (Å²) in [6, 6.07) is 9.56. The highest BCUT2D eigenvalue weighted by molar-refractivity contribution is 5.56. The van der Waals surface area contributed by atoms with E-state index < -0.39 is 0 Å². The Morgan fingerprint density at radius 3 is 0.724 bits per heavy atom. The van der Waals surface area contributed by atoms with Crippen LogP contribution >= 0.6 is 0 Å². The van der Waals surface area contributed by atoms with Gasteiger partial charge in [0.05, 0.1) is 11.4 Å². The topological polar surface area (TPSA) is 25.8 Å². The largest absolute Gasteiger partial charge is 0.255 e. The van der Waals surface area contributed by atoms with E-state index in [4.69, 9.17) is 9.97 Å². The van der Waals surface area contributed by atoms with Crippen LogP contribution in [0.25, 0.3) is 11.4 Å². The van der Waals surface area contributed by atoms with Crippen molar-refractivity contribution >= 4 is 0 Å². The number of hydrogen-bond acceptors (Lipinski definition) is 2. The van der Waals surface area contributed by atoms with Gasteiger partial charge in [0, 0.05) is 12.4 Å². The monoisotopic (exact) mass is 801 g/mol. The quantitative estimate of drug-likeness (QED) is 0.0624. The molecule has 0 spiro atoms. The minimum atomic E-state index is 0.644. The third-order valence-electron chi connectivity index (χ3n) is 13.4. The van der Waals surface area contributed by atoms with Crippen LogP contribution in [0.3, 0.4) is 0 Å². The second kappa shape index (κ2) is 39.4. The minimum Gasteiger partial charge on any atom is -0.255 e. The highest BCUT2D eigenvalue weighted by atomic mass is 14.8. The van der Waals surface area contributed by atoms with Gasteiger partial charge in [-0.2, -0.15) is 0 Å². The van der Waals surface area contributed by atoms with Gasteiger partial charge in [-0.05, 0) is 72.9 Å². The molecule has 0 fully saturated rings. The first kappa shape index (κ1) is 52.4. The fourth-order valence-electron chi connectivity index (χ4n) is 9.44. The average Bonchev–Trinajstić information content (AvgIpc) is 3.25. The molecule has 2 aromatic rings. The molecule has 334 valence electrons. The zero-order chi connectivity index (χ0) is 41.4. The van der Waals surface area contributed by atoms with Crippen LogP contribution in [-0.2, 0) is 0 Å². The highest BCUT2D eigenvalue weighted by Crippen LogP contribution is 2.33. The molecule has 2 rings (SSSR count). The fraction of sp³-hybridized carbons (Fsp3) is 0.821. The number of pyridine rings is 2. The Kier molecular flexibility index (Phi) is 35.7. The van der Waals surface area contributed by atoms with Gasteiger partial charge in [0.25, 0.3) is 0 Å². The highest BCUT2D eigenvalue weighted by Gasteiger charge is 2.16. The predicted molar refractivity (Wildman–Crippen MR) is 260 cm³/mol. The lowest BCUT2D eigenvalue weighted by atomic mass is 9.87. The summed E-state index contributed by atoms with van der Waals surface area (Å²) in [6.07, 6.45) is 60.0. The van der Waals surface area contributed by atoms with Gasteiger partial charge in [0.15, 0.2) is 0 Å². The Bertz CT molecular complexity index is 1010. The van der Waals surface area contributed by atoms with Crippen molar-refractivity contribution in [2.24, 2.45) is 0 Å². The van der Waals surface area contributed by atoms with Crippen molar-refractivity contribution in [2.45, 2.75) is 296 Å². The van der Waals surface area contributed by atoms with E-state index in [1.807, 2.05) is 0 Å². The van der Waals surface area contributed by atoms with Crippen LogP contribution in [0.1, 0.15) is 307 Å². The van der Waals surface area contributed by atoms with Crippen LogP contribution in [0.4, 0.5) is 0 Å². The number of nitrogens with zero attached hydrogens (tertiary/aromatic N) is 2. The number of hydrogen-bond donors (Lipinski definition) is 0. The van der Waals surface area contributed by atoms with Crippen LogP contribution in [0.5, 0.6) is 0 Å². The van der Waals surface area contributed by atoms with Gasteiger partial charge >= 0.3 is 0 Å². The van der Waals surface area contributed by atoms with Crippen LogP contribution in [-0.4, -0.2) is 9.97 Å². The molecule has 0 aliphatic rings. The van der Waals surface area contributed by atoms with Gasteiger partial charge in [-0.3, -0.25) is 9.97 Å². The smallest absolute Gasteiger partial charge is 0.0889 e. The zero-order valence-electron chi connectivity index (χ0n) is 39.8. The Balaban J connectivity index is 2.05. The summed E-state index contributed by atoms with van der Waals surface area (Å²) in [5.41, 5.74) is 5.20. The minimum absolute atomic E-state index is 0.644. The molecule has 0 saturated carbocycles. The van der Waals surface area contributed by atoms with E-state index in [2.05, 4.69) is 64.4 Å². The van der Waals surface area contributed by atoms with Crippen LogP contribution in [0, 0.1) is 0 Å². The maximum atomic E-state index is 4.98. The molecule has 2 aromatic heterocycles. The third-order valence-corrected chi connectivity index (χ3v) is 13.4. The second-order valence-corrected chi connectivity index (χ2v) is 18.8. The SMILES string of the molecule is CCCCCCCCCCCC(CCCCCCCCCCC)c1ccnc(-c2cc(C(CCCCCCCCCCC)CCCCCCCCCCC)ccn2)c1. The molecular formula is C56H100N2. The van der Waals surface area contributed by atoms with E-state index in [0.717, 1.165) is 11.4 Å². The van der Waals surface area contributed by atoms with E-state index in [1.165, 1.54) is 268 Å². The van der Waals surface area contributed by atoms with E-state index in [0.29, 0.717) is 11.8 Å². The van der Waals surface area contributed by atoms with Gasteiger partial charge in [-0.1, -0.05) is 259 Å². The molecule has 58 heavy (non-hydrogen) atoms. The van der Waals surface area contributed by atoms with Crippen molar-refractivity contribution in [2.75, 3.05) is 0 Å². The van der Waals surface area contributed by atoms with Crippen LogP contribution in [0.2, 0.25) is 0 Å². The van der Waals surface area contributed by atoms with Gasteiger partial charge in [-0.15, -0.1) is 0 Å². The average molecular weight is 801 g/mol. The molecule has 0 saturated heterocycles. The van der Waals surface area contributed by atoms with E-state index in [-0.39, 0.29) is 0 Å². The van der Waals surface area contributed by atoms with Crippen molar-refractivity contribution in [3.8, 4) is 11.4 Å². The standard InChI is InChI=1S/C56H100N2/c1-5-9-13-17-21-25-29-33-37-41-51(42-38-34-30-26-22-18-14-10-6-2)53-45-47-57-55(49-53)56-50-54(46-48-58-56)52(43-39-35-31-27-23-19-15-11-7-3)44-40-36-32-28-24-20-16-12-8-4/h45-52H,5-44H2,1-4H3. The second-order valence-electron chi connectivity index (χ2n) is 18.8. The third kappa shape index (κ3) is 27.9. The van der Waals surface area contributed by atoms with Gasteiger partial charge in [0.1, 0.15) is 0 Å². The lowest BCUT2D eigenvalue weighted by Gasteiger charge is -2.20. The lowest BCUT2D eigenvalue weighted by Crippen LogP contribution is -2.03. The lowest BCUT2D eigenvalue weighted by molar-refractivity contribution is 0.481. The van der Waals surface area contributed by atoms with Crippen LogP contribution < -0.4 is 0 Å². The normalized spacial score (nSPS) is 11.8. The fourth-order valence-corrected chi connectivity index (χ4v) is 9.44. The summed E-state index contributed by atoms with van der Waals surface area (Å²) in [7, 11) is 0. The van der Waals surface area contributed by atoms with E-state index >= 15 is 0 Å². The Morgan fingerprint density at radius 1 is 0.293 bits per heavy atom. The number of rotatable bonds is 43. The first-order chi connectivity index (χ1) is 28.7. The first-order valence-electron chi connectivity index (χ1n) is 26.7. The Labute approximate surface area is 364 Å². The summed E-state index contributed by atoms with van der Waals surface area (Å²) in [5.74, 6) is 1.29. The summed E-state index contributed by atoms with van der Waals surface area (Å²) in [6.45, 7) is 9.28. The van der Waals surface area contributed by atoms with Gasteiger partial charge in [-0.25, -0.2) is 0 Å². The van der Waals surface area contributed by atoms with Gasteiger partial charge in [0.2, 0.25) is 0 Å². The van der Waals surface area contributed by atoms with Crippen molar-refractivity contribution in [1.29, 1.82) is 0 Å². The molecule has 0 unspecified atom stereocenters. The molecule has 0 aliphatic carbocycles. The van der Waals surface area contributed by atoms with E-state index in [9.17, 15) is 0 Å². The first-order valence-corrected chi connectivity index (χ1v) is 26.7. The summed E-state index contributed by atoms with van der Waals surface area (Å²) >= 11 is 0. The summed E-state index contributed by atoms with van der Waals surface area (Å²) < 4.78 is 0. The van der Waals surface area contributed by atoms with Crippen molar-refractivity contribution in [1.82, 2.24) is 9.97 Å². The summed E-state index contributed by atoms with van der Waals surface area (Å²) in [4.78, 5) is 9.96. The number of unbranched alkanes of at least 4 members (excludes halogenated alkanes) is 32. The molecule has 2 nitrogen and oxygen atoms in total. The maximum absolute atomic E-state index is 4.98. The molecule has 0 aromatic carbocycles. The zero-order valence-corrected chi connectivity index (χ0v) is 39.8. The molecule has 0 N–H and O–H groups in total.